The van der Waals surface area contributed by atoms with Gasteiger partial charge in [-0.2, -0.15) is 0 Å². The van der Waals surface area contributed by atoms with Crippen molar-refractivity contribution in [2.24, 2.45) is 16.7 Å². The SMILES string of the molecule is NN/N=C(\N)c1ccc(C2=CC3(CCNCC3)Oc3ccccc32)cc1. The molecule has 0 aromatic heterocycles. The molecule has 2 aromatic rings. The predicted molar refractivity (Wildman–Crippen MR) is 103 cm³/mol. The molecule has 6 N–H and O–H groups in total. The highest BCUT2D eigenvalue weighted by Crippen LogP contribution is 2.42. The van der Waals surface area contributed by atoms with E-state index in [4.69, 9.17) is 16.3 Å². The highest BCUT2D eigenvalue weighted by Gasteiger charge is 2.36. The second kappa shape index (κ2) is 6.82. The summed E-state index contributed by atoms with van der Waals surface area (Å²) in [6.45, 7) is 1.92. The maximum absolute atomic E-state index is 6.43. The number of fused-ring (bicyclic) bond motifs is 1. The first-order valence-corrected chi connectivity index (χ1v) is 8.82. The minimum Gasteiger partial charge on any atom is -0.482 e. The Morgan fingerprint density at radius 2 is 1.81 bits per heavy atom. The summed E-state index contributed by atoms with van der Waals surface area (Å²) in [4.78, 5) is 0. The van der Waals surface area contributed by atoms with Gasteiger partial charge in [-0.25, -0.2) is 11.4 Å². The second-order valence-corrected chi connectivity index (χ2v) is 6.67. The van der Waals surface area contributed by atoms with Gasteiger partial charge in [-0.15, -0.1) is 5.10 Å². The third-order valence-corrected chi connectivity index (χ3v) is 5.02. The van der Waals surface area contributed by atoms with Gasteiger partial charge in [-0.1, -0.05) is 42.5 Å². The predicted octanol–water partition coefficient (Wildman–Crippen LogP) is 1.72. The van der Waals surface area contributed by atoms with Crippen LogP contribution in [0.2, 0.25) is 0 Å². The van der Waals surface area contributed by atoms with Crippen molar-refractivity contribution in [2.45, 2.75) is 18.4 Å². The molecule has 134 valence electrons. The number of hydrazine groups is 1. The number of nitrogens with zero attached hydrogens (tertiary/aromatic N) is 1. The quantitative estimate of drug-likeness (QED) is 0.293. The molecule has 2 aromatic carbocycles. The van der Waals surface area contributed by atoms with Gasteiger partial charge >= 0.3 is 0 Å². The van der Waals surface area contributed by atoms with Crippen LogP contribution in [-0.4, -0.2) is 24.5 Å². The molecule has 6 nitrogen and oxygen atoms in total. The lowest BCUT2D eigenvalue weighted by molar-refractivity contribution is 0.0817. The van der Waals surface area contributed by atoms with E-state index in [-0.39, 0.29) is 5.60 Å². The Balaban J connectivity index is 1.76. The molecule has 1 spiro atoms. The lowest BCUT2D eigenvalue weighted by Gasteiger charge is -2.40. The largest absolute Gasteiger partial charge is 0.482 e. The molecule has 0 aliphatic carbocycles. The summed E-state index contributed by atoms with van der Waals surface area (Å²) in [5.74, 6) is 6.51. The van der Waals surface area contributed by atoms with Crippen LogP contribution in [0.15, 0.2) is 59.7 Å². The number of para-hydroxylation sites is 1. The number of piperidine rings is 1. The van der Waals surface area contributed by atoms with Crippen molar-refractivity contribution in [1.29, 1.82) is 0 Å². The van der Waals surface area contributed by atoms with Gasteiger partial charge in [-0.05, 0) is 36.4 Å². The van der Waals surface area contributed by atoms with Crippen LogP contribution in [0.4, 0.5) is 0 Å². The third-order valence-electron chi connectivity index (χ3n) is 5.02. The Morgan fingerprint density at radius 1 is 1.08 bits per heavy atom. The first kappa shape index (κ1) is 16.6. The van der Waals surface area contributed by atoms with Gasteiger partial charge in [0.05, 0.1) is 0 Å². The van der Waals surface area contributed by atoms with E-state index < -0.39 is 0 Å². The number of nitrogens with two attached hydrogens (primary N) is 2. The van der Waals surface area contributed by atoms with Crippen molar-refractivity contribution in [2.75, 3.05) is 13.1 Å². The molecule has 0 amide bonds. The van der Waals surface area contributed by atoms with E-state index in [2.05, 4.69) is 46.3 Å². The number of ether oxygens (including phenoxy) is 1. The molecule has 1 saturated heterocycles. The number of hydrogen-bond donors (Lipinski definition) is 4. The number of amidine groups is 1. The van der Waals surface area contributed by atoms with Crippen molar-refractivity contribution in [1.82, 2.24) is 10.9 Å². The lowest BCUT2D eigenvalue weighted by atomic mass is 9.83. The molecule has 2 aliphatic rings. The standard InChI is InChI=1S/C20H23N5O/c21-19(24-25-22)15-7-5-14(6-8-15)17-13-20(9-11-23-12-10-20)26-18-4-2-1-3-16(17)18/h1-8,13,23,25H,9-12,22H2,(H2,21,24). The topological polar surface area (TPSA) is 97.7 Å². The molecule has 0 atom stereocenters. The molecular weight excluding hydrogens is 326 g/mol. The smallest absolute Gasteiger partial charge is 0.152 e. The second-order valence-electron chi connectivity index (χ2n) is 6.67. The molecule has 2 aliphatic heterocycles. The highest BCUT2D eigenvalue weighted by molar-refractivity contribution is 5.97. The summed E-state index contributed by atoms with van der Waals surface area (Å²) < 4.78 is 6.43. The number of benzene rings is 2. The zero-order valence-corrected chi connectivity index (χ0v) is 14.5. The fraction of sp³-hybridized carbons (Fsp3) is 0.250. The lowest BCUT2D eigenvalue weighted by Crippen LogP contribution is -2.46. The highest BCUT2D eigenvalue weighted by atomic mass is 16.5. The van der Waals surface area contributed by atoms with E-state index >= 15 is 0 Å². The molecule has 1 fully saturated rings. The zero-order chi connectivity index (χ0) is 18.0. The number of hydrogen-bond acceptors (Lipinski definition) is 5. The molecule has 6 heteroatoms. The van der Waals surface area contributed by atoms with Crippen LogP contribution < -0.4 is 27.2 Å². The first-order chi connectivity index (χ1) is 12.7. The van der Waals surface area contributed by atoms with Gasteiger partial charge in [0, 0.05) is 24.0 Å². The fourth-order valence-corrected chi connectivity index (χ4v) is 3.66. The number of nitrogens with one attached hydrogen (secondary N) is 2. The van der Waals surface area contributed by atoms with E-state index in [0.717, 1.165) is 48.4 Å². The number of rotatable bonds is 3. The van der Waals surface area contributed by atoms with E-state index in [1.54, 1.807) is 0 Å². The maximum Gasteiger partial charge on any atom is 0.152 e. The molecule has 26 heavy (non-hydrogen) atoms. The monoisotopic (exact) mass is 349 g/mol. The van der Waals surface area contributed by atoms with Gasteiger partial charge in [-0.3, -0.25) is 0 Å². The summed E-state index contributed by atoms with van der Waals surface area (Å²) in [6.07, 6.45) is 4.22. The molecule has 0 unspecified atom stereocenters. The average Bonchev–Trinajstić information content (AvgIpc) is 2.68. The Labute approximate surface area is 152 Å². The summed E-state index contributed by atoms with van der Waals surface area (Å²) in [5.41, 5.74) is 12.2. The Morgan fingerprint density at radius 3 is 2.54 bits per heavy atom. The molecule has 2 heterocycles. The van der Waals surface area contributed by atoms with Crippen LogP contribution >= 0.6 is 0 Å². The van der Waals surface area contributed by atoms with Crippen molar-refractivity contribution >= 4 is 11.4 Å². The molecule has 0 bridgehead atoms. The van der Waals surface area contributed by atoms with Crippen molar-refractivity contribution in [3.63, 3.8) is 0 Å². The molecule has 0 saturated carbocycles. The Bertz CT molecular complexity index is 851. The van der Waals surface area contributed by atoms with E-state index in [0.29, 0.717) is 5.84 Å². The van der Waals surface area contributed by atoms with E-state index in [1.807, 2.05) is 24.3 Å². The normalized spacial score (nSPS) is 18.7. The zero-order valence-electron chi connectivity index (χ0n) is 14.5. The van der Waals surface area contributed by atoms with Crippen molar-refractivity contribution in [3.8, 4) is 5.75 Å². The minimum absolute atomic E-state index is 0.239. The van der Waals surface area contributed by atoms with Gasteiger partial charge in [0.25, 0.3) is 0 Å². The average molecular weight is 349 g/mol. The molecule has 0 radical (unpaired) electrons. The van der Waals surface area contributed by atoms with Crippen LogP contribution in [-0.2, 0) is 0 Å². The van der Waals surface area contributed by atoms with Crippen molar-refractivity contribution < 1.29 is 4.74 Å². The van der Waals surface area contributed by atoms with Crippen LogP contribution in [0.5, 0.6) is 5.75 Å². The molecule has 4 rings (SSSR count). The van der Waals surface area contributed by atoms with Gasteiger partial charge in [0.2, 0.25) is 0 Å². The van der Waals surface area contributed by atoms with E-state index in [1.165, 1.54) is 5.57 Å². The van der Waals surface area contributed by atoms with Crippen LogP contribution in [0, 0.1) is 0 Å². The maximum atomic E-state index is 6.43. The van der Waals surface area contributed by atoms with E-state index in [9.17, 15) is 0 Å². The Hall–Kier alpha value is -2.83. The van der Waals surface area contributed by atoms with Crippen molar-refractivity contribution in [3.05, 3.63) is 71.3 Å². The third kappa shape index (κ3) is 3.05. The Kier molecular flexibility index (Phi) is 4.36. The first-order valence-electron chi connectivity index (χ1n) is 8.82. The molecular formula is C20H23N5O. The summed E-state index contributed by atoms with van der Waals surface area (Å²) in [7, 11) is 0. The van der Waals surface area contributed by atoms with Gasteiger partial charge in [0.1, 0.15) is 11.4 Å². The summed E-state index contributed by atoms with van der Waals surface area (Å²) in [6, 6.07) is 16.3. The fourth-order valence-electron chi connectivity index (χ4n) is 3.66. The summed E-state index contributed by atoms with van der Waals surface area (Å²) >= 11 is 0. The minimum atomic E-state index is -0.239. The number of hydrazone groups is 1. The van der Waals surface area contributed by atoms with Crippen LogP contribution in [0.1, 0.15) is 29.5 Å². The van der Waals surface area contributed by atoms with Crippen LogP contribution in [0.3, 0.4) is 0 Å². The summed E-state index contributed by atoms with van der Waals surface area (Å²) in [5, 5.41) is 7.24. The van der Waals surface area contributed by atoms with Gasteiger partial charge in [0.15, 0.2) is 5.84 Å². The van der Waals surface area contributed by atoms with Crippen LogP contribution in [0.25, 0.3) is 5.57 Å². The van der Waals surface area contributed by atoms with Gasteiger partial charge < -0.3 is 15.8 Å².